The fraction of sp³-hybridized carbons (Fsp3) is 0.296. The molecule has 2 heterocycles. The largest absolute Gasteiger partial charge is 0.446 e. The van der Waals surface area contributed by atoms with Gasteiger partial charge in [-0.05, 0) is 23.3 Å². The van der Waals surface area contributed by atoms with Crippen LogP contribution >= 0.6 is 0 Å². The fourth-order valence-electron chi connectivity index (χ4n) is 4.70. The third-order valence-electron chi connectivity index (χ3n) is 6.38. The molecule has 2 aliphatic rings. The first-order chi connectivity index (χ1) is 16.8. The maximum atomic E-state index is 16.9. The SMILES string of the molecule is C=C(F)/C=C\C(=NC)[C@@H]1CN(Cc2ccccc2)C[C@@]1(F)C(=O)N1C(=O)OC[C@H]1c1ccccc1. The van der Waals surface area contributed by atoms with Crippen LogP contribution in [0.15, 0.2) is 90.2 Å². The van der Waals surface area contributed by atoms with E-state index in [-0.39, 0.29) is 25.4 Å². The minimum absolute atomic E-state index is 0.0562. The molecule has 0 saturated carbocycles. The standard InChI is InChI=1S/C27H27F2N3O3/c1-19(28)13-14-23(30-2)22-16-31(15-20-9-5-3-6-10-20)18-27(22,29)25(33)32-24(17-35-26(32)34)21-11-7-4-8-12-21/h3-14,22,24H,1,15-18H2,2H3/b14-13-,30-23?/t22-,24-,27-/m0/s1. The highest BCUT2D eigenvalue weighted by atomic mass is 19.1. The minimum Gasteiger partial charge on any atom is -0.446 e. The van der Waals surface area contributed by atoms with Crippen molar-refractivity contribution in [3.63, 3.8) is 0 Å². The van der Waals surface area contributed by atoms with Crippen LogP contribution in [0.4, 0.5) is 13.6 Å². The van der Waals surface area contributed by atoms with Gasteiger partial charge in [-0.3, -0.25) is 14.7 Å². The average molecular weight is 480 g/mol. The van der Waals surface area contributed by atoms with Crippen molar-refractivity contribution < 1.29 is 23.1 Å². The number of alkyl halides is 1. The lowest BCUT2D eigenvalue weighted by atomic mass is 9.86. The van der Waals surface area contributed by atoms with Crippen molar-refractivity contribution in [3.05, 3.63) is 96.3 Å². The van der Waals surface area contributed by atoms with Crippen molar-refractivity contribution in [1.29, 1.82) is 0 Å². The molecule has 2 aromatic rings. The second kappa shape index (κ2) is 10.3. The predicted molar refractivity (Wildman–Crippen MR) is 129 cm³/mol. The number of allylic oxidation sites excluding steroid dienone is 3. The molecule has 3 atom stereocenters. The summed E-state index contributed by atoms with van der Waals surface area (Å²) in [6.45, 7) is 3.45. The number of hydrogen-bond acceptors (Lipinski definition) is 5. The van der Waals surface area contributed by atoms with Crippen LogP contribution in [0.5, 0.6) is 0 Å². The van der Waals surface area contributed by atoms with Gasteiger partial charge in [-0.15, -0.1) is 0 Å². The number of imide groups is 1. The summed E-state index contributed by atoms with van der Waals surface area (Å²) in [4.78, 5) is 33.2. The smallest absolute Gasteiger partial charge is 0.417 e. The second-order valence-corrected chi connectivity index (χ2v) is 8.68. The highest BCUT2D eigenvalue weighted by Gasteiger charge is 2.59. The van der Waals surface area contributed by atoms with Crippen molar-refractivity contribution in [2.45, 2.75) is 18.3 Å². The maximum Gasteiger partial charge on any atom is 0.417 e. The molecule has 0 aliphatic carbocycles. The quantitative estimate of drug-likeness (QED) is 0.428. The number of amides is 2. The van der Waals surface area contributed by atoms with Crippen LogP contribution in [0.3, 0.4) is 0 Å². The van der Waals surface area contributed by atoms with Gasteiger partial charge in [-0.1, -0.05) is 67.2 Å². The molecule has 2 aliphatic heterocycles. The van der Waals surface area contributed by atoms with Crippen LogP contribution in [0, 0.1) is 5.92 Å². The number of benzene rings is 2. The van der Waals surface area contributed by atoms with E-state index < -0.39 is 35.5 Å². The Balaban J connectivity index is 1.69. The average Bonchev–Trinajstić information content (AvgIpc) is 3.40. The summed E-state index contributed by atoms with van der Waals surface area (Å²) in [7, 11) is 1.46. The topological polar surface area (TPSA) is 62.2 Å². The monoisotopic (exact) mass is 479 g/mol. The van der Waals surface area contributed by atoms with Crippen LogP contribution in [-0.2, 0) is 16.1 Å². The van der Waals surface area contributed by atoms with E-state index in [0.29, 0.717) is 12.1 Å². The van der Waals surface area contributed by atoms with Crippen molar-refractivity contribution in [2.75, 3.05) is 26.7 Å². The van der Waals surface area contributed by atoms with E-state index in [1.165, 1.54) is 13.1 Å². The molecule has 4 rings (SSSR count). The number of nitrogens with zero attached hydrogens (tertiary/aromatic N) is 3. The molecular weight excluding hydrogens is 452 g/mol. The van der Waals surface area contributed by atoms with Crippen molar-refractivity contribution in [2.24, 2.45) is 10.9 Å². The van der Waals surface area contributed by atoms with Gasteiger partial charge in [0.2, 0.25) is 5.67 Å². The maximum absolute atomic E-state index is 16.9. The van der Waals surface area contributed by atoms with Crippen LogP contribution in [0.2, 0.25) is 0 Å². The van der Waals surface area contributed by atoms with E-state index in [2.05, 4.69) is 11.6 Å². The van der Waals surface area contributed by atoms with Crippen molar-refractivity contribution >= 4 is 17.7 Å². The van der Waals surface area contributed by atoms with Gasteiger partial charge in [-0.2, -0.15) is 0 Å². The molecule has 182 valence electrons. The number of carbonyl (C=O) groups is 2. The lowest BCUT2D eigenvalue weighted by Crippen LogP contribution is -2.53. The second-order valence-electron chi connectivity index (χ2n) is 8.68. The van der Waals surface area contributed by atoms with Gasteiger partial charge in [-0.25, -0.2) is 18.5 Å². The molecular formula is C27H27F2N3O3. The highest BCUT2D eigenvalue weighted by molar-refractivity contribution is 6.06. The Hall–Kier alpha value is -3.65. The molecule has 8 heteroatoms. The Kier molecular flexibility index (Phi) is 7.21. The first-order valence-electron chi connectivity index (χ1n) is 11.3. The molecule has 2 saturated heterocycles. The Morgan fingerprint density at radius 2 is 1.83 bits per heavy atom. The molecule has 0 spiro atoms. The number of cyclic esters (lactones) is 1. The number of hydrogen-bond donors (Lipinski definition) is 0. The number of rotatable bonds is 7. The van der Waals surface area contributed by atoms with E-state index in [1.54, 1.807) is 29.2 Å². The summed E-state index contributed by atoms with van der Waals surface area (Å²) in [6.07, 6.45) is 1.53. The molecule has 0 radical (unpaired) electrons. The lowest BCUT2D eigenvalue weighted by Gasteiger charge is -2.30. The van der Waals surface area contributed by atoms with Crippen LogP contribution in [-0.4, -0.2) is 59.9 Å². The third-order valence-corrected chi connectivity index (χ3v) is 6.38. The van der Waals surface area contributed by atoms with Gasteiger partial charge in [0.15, 0.2) is 0 Å². The molecule has 35 heavy (non-hydrogen) atoms. The van der Waals surface area contributed by atoms with Gasteiger partial charge < -0.3 is 4.74 Å². The normalized spacial score (nSPS) is 25.3. The number of carbonyl (C=O) groups excluding carboxylic acids is 2. The third kappa shape index (κ3) is 5.07. The fourth-order valence-corrected chi connectivity index (χ4v) is 4.70. The molecule has 0 bridgehead atoms. The Morgan fingerprint density at radius 1 is 1.17 bits per heavy atom. The summed E-state index contributed by atoms with van der Waals surface area (Å²) in [6, 6.07) is 17.7. The molecule has 2 fully saturated rings. The van der Waals surface area contributed by atoms with E-state index in [0.717, 1.165) is 16.5 Å². The highest BCUT2D eigenvalue weighted by Crippen LogP contribution is 2.39. The van der Waals surface area contributed by atoms with Gasteiger partial charge in [0.1, 0.15) is 18.5 Å². The van der Waals surface area contributed by atoms with E-state index >= 15 is 4.39 Å². The number of ether oxygens (including phenoxy) is 1. The van der Waals surface area contributed by atoms with Crippen LogP contribution in [0.1, 0.15) is 17.2 Å². The summed E-state index contributed by atoms with van der Waals surface area (Å²) in [5, 5.41) is 0. The number of halogens is 2. The van der Waals surface area contributed by atoms with Gasteiger partial charge in [0, 0.05) is 32.4 Å². The molecule has 2 amide bonds. The zero-order chi connectivity index (χ0) is 25.0. The van der Waals surface area contributed by atoms with Crippen LogP contribution < -0.4 is 0 Å². The first-order valence-corrected chi connectivity index (χ1v) is 11.3. The van der Waals surface area contributed by atoms with Crippen molar-refractivity contribution in [1.82, 2.24) is 9.80 Å². The minimum atomic E-state index is -2.48. The molecule has 0 N–H and O–H groups in total. The predicted octanol–water partition coefficient (Wildman–Crippen LogP) is 4.66. The zero-order valence-electron chi connectivity index (χ0n) is 19.4. The summed E-state index contributed by atoms with van der Waals surface area (Å²) < 4.78 is 35.4. The Bertz CT molecular complexity index is 1150. The zero-order valence-corrected chi connectivity index (χ0v) is 19.4. The lowest BCUT2D eigenvalue weighted by molar-refractivity contribution is -0.142. The first kappa shape index (κ1) is 24.5. The number of aliphatic imine (C=N–C) groups is 1. The van der Waals surface area contributed by atoms with Gasteiger partial charge >= 0.3 is 6.09 Å². The van der Waals surface area contributed by atoms with E-state index in [4.69, 9.17) is 4.74 Å². The molecule has 6 nitrogen and oxygen atoms in total. The van der Waals surface area contributed by atoms with E-state index in [9.17, 15) is 14.0 Å². The summed E-state index contributed by atoms with van der Waals surface area (Å²) in [5.74, 6) is -2.72. The van der Waals surface area contributed by atoms with Gasteiger partial charge in [0.25, 0.3) is 5.91 Å². The number of likely N-dealkylation sites (tertiary alicyclic amines) is 1. The van der Waals surface area contributed by atoms with E-state index in [1.807, 2.05) is 36.4 Å². The Labute approximate surface area is 203 Å². The summed E-state index contributed by atoms with van der Waals surface area (Å²) >= 11 is 0. The summed E-state index contributed by atoms with van der Waals surface area (Å²) in [5.41, 5.74) is -0.654. The Morgan fingerprint density at radius 3 is 2.46 bits per heavy atom. The molecule has 2 aromatic carbocycles. The van der Waals surface area contributed by atoms with Crippen LogP contribution in [0.25, 0.3) is 0 Å². The van der Waals surface area contributed by atoms with Gasteiger partial charge in [0.05, 0.1) is 5.92 Å². The molecule has 0 aromatic heterocycles. The molecule has 0 unspecified atom stereocenters. The van der Waals surface area contributed by atoms with Crippen molar-refractivity contribution in [3.8, 4) is 0 Å².